The second kappa shape index (κ2) is 5.89. The summed E-state index contributed by atoms with van der Waals surface area (Å²) in [7, 11) is 0. The number of benzene rings is 1. The molecule has 0 aromatic heterocycles. The Labute approximate surface area is 143 Å². The van der Waals surface area contributed by atoms with Gasteiger partial charge in [0.15, 0.2) is 0 Å². The molecule has 0 spiro atoms. The molecule has 0 N–H and O–H groups in total. The van der Waals surface area contributed by atoms with E-state index in [1.165, 1.54) is 18.9 Å². The maximum atomic E-state index is 14.2. The first-order chi connectivity index (χ1) is 11.1. The zero-order chi connectivity index (χ0) is 16.0. The summed E-state index contributed by atoms with van der Waals surface area (Å²) >= 11 is 12.4. The van der Waals surface area contributed by atoms with E-state index >= 15 is 0 Å². The number of hydrogen-bond acceptors (Lipinski definition) is 4. The van der Waals surface area contributed by atoms with Crippen LogP contribution >= 0.6 is 23.2 Å². The first kappa shape index (κ1) is 15.1. The van der Waals surface area contributed by atoms with Gasteiger partial charge < -0.3 is 0 Å². The van der Waals surface area contributed by atoms with Crippen molar-refractivity contribution in [1.29, 1.82) is 0 Å². The molecule has 4 rings (SSSR count). The van der Waals surface area contributed by atoms with Crippen molar-refractivity contribution in [2.75, 3.05) is 6.67 Å². The number of guanidine groups is 1. The Morgan fingerprint density at radius 3 is 2.70 bits per heavy atom. The van der Waals surface area contributed by atoms with Crippen LogP contribution < -0.4 is 0 Å². The molecule has 2 aliphatic heterocycles. The molecule has 0 bridgehead atoms. The van der Waals surface area contributed by atoms with Gasteiger partial charge in [0.1, 0.15) is 17.7 Å². The minimum absolute atomic E-state index is 0.209. The second-order valence-electron chi connectivity index (χ2n) is 5.86. The molecular formula is C16H15Cl2FN4. The number of rotatable bonds is 2. The quantitative estimate of drug-likeness (QED) is 0.796. The highest BCUT2D eigenvalue weighted by Gasteiger charge is 2.35. The number of allylic oxidation sites excluding steroid dienone is 1. The van der Waals surface area contributed by atoms with Crippen molar-refractivity contribution in [3.8, 4) is 0 Å². The van der Waals surface area contributed by atoms with Crippen LogP contribution in [0.5, 0.6) is 0 Å². The molecule has 3 aliphatic rings. The molecule has 0 amide bonds. The lowest BCUT2D eigenvalue weighted by Crippen LogP contribution is -2.44. The van der Waals surface area contributed by atoms with E-state index in [1.807, 2.05) is 5.01 Å². The highest BCUT2D eigenvalue weighted by molar-refractivity contribution is 6.77. The lowest BCUT2D eigenvalue weighted by atomic mass is 10.1. The van der Waals surface area contributed by atoms with E-state index < -0.39 is 5.82 Å². The summed E-state index contributed by atoms with van der Waals surface area (Å²) in [5, 5.41) is 4.58. The molecule has 2 heterocycles. The first-order valence-electron chi connectivity index (χ1n) is 7.66. The average molecular weight is 353 g/mol. The van der Waals surface area contributed by atoms with Gasteiger partial charge in [-0.1, -0.05) is 42.1 Å². The van der Waals surface area contributed by atoms with Crippen LogP contribution in [0.2, 0.25) is 5.02 Å². The van der Waals surface area contributed by atoms with Crippen LogP contribution in [0.3, 0.4) is 0 Å². The molecule has 1 fully saturated rings. The first-order valence-corrected chi connectivity index (χ1v) is 8.42. The third-order valence-corrected chi connectivity index (χ3v) is 5.09. The Morgan fingerprint density at radius 2 is 1.96 bits per heavy atom. The van der Waals surface area contributed by atoms with E-state index in [0.717, 1.165) is 12.8 Å². The van der Waals surface area contributed by atoms with Crippen molar-refractivity contribution in [2.24, 2.45) is 9.98 Å². The van der Waals surface area contributed by atoms with Crippen molar-refractivity contribution >= 4 is 39.9 Å². The molecule has 0 atom stereocenters. The normalized spacial score (nSPS) is 22.0. The van der Waals surface area contributed by atoms with Crippen molar-refractivity contribution in [3.63, 3.8) is 0 Å². The van der Waals surface area contributed by atoms with Gasteiger partial charge in [-0.2, -0.15) is 10.0 Å². The average Bonchev–Trinajstić information content (AvgIpc) is 3.16. The van der Waals surface area contributed by atoms with Gasteiger partial charge in [-0.15, -0.1) is 0 Å². The Bertz CT molecular complexity index is 717. The Morgan fingerprint density at radius 1 is 1.17 bits per heavy atom. The summed E-state index contributed by atoms with van der Waals surface area (Å²) in [5.41, 5.74) is 0.763. The zero-order valence-electron chi connectivity index (χ0n) is 12.3. The van der Waals surface area contributed by atoms with Gasteiger partial charge in [0.2, 0.25) is 5.96 Å². The monoisotopic (exact) mass is 352 g/mol. The van der Waals surface area contributed by atoms with Gasteiger partial charge in [-0.25, -0.2) is 14.4 Å². The van der Waals surface area contributed by atoms with Crippen molar-refractivity contribution in [3.05, 3.63) is 40.8 Å². The van der Waals surface area contributed by atoms with E-state index in [1.54, 1.807) is 18.3 Å². The summed E-state index contributed by atoms with van der Waals surface area (Å²) in [5.74, 6) is 0.141. The van der Waals surface area contributed by atoms with Crippen LogP contribution in [0.25, 0.3) is 5.57 Å². The van der Waals surface area contributed by atoms with Crippen LogP contribution in [-0.2, 0) is 0 Å². The van der Waals surface area contributed by atoms with Crippen LogP contribution in [0, 0.1) is 5.82 Å². The zero-order valence-corrected chi connectivity index (χ0v) is 13.9. The van der Waals surface area contributed by atoms with Crippen molar-refractivity contribution in [1.82, 2.24) is 10.0 Å². The number of nitrogens with zero attached hydrogens (tertiary/aromatic N) is 4. The van der Waals surface area contributed by atoms with Crippen LogP contribution in [0.15, 0.2) is 34.4 Å². The fraction of sp³-hybridized carbons (Fsp3) is 0.375. The van der Waals surface area contributed by atoms with Gasteiger partial charge >= 0.3 is 0 Å². The topological polar surface area (TPSA) is 31.2 Å². The summed E-state index contributed by atoms with van der Waals surface area (Å²) in [4.78, 5) is 8.76. The summed E-state index contributed by atoms with van der Waals surface area (Å²) in [6, 6.07) is 5.03. The molecule has 0 saturated heterocycles. The summed E-state index contributed by atoms with van der Waals surface area (Å²) in [6.07, 6.45) is 6.53. The number of fused-ring (bicyclic) bond motifs is 1. The van der Waals surface area contributed by atoms with E-state index in [4.69, 9.17) is 23.2 Å². The second-order valence-corrected chi connectivity index (χ2v) is 6.63. The maximum absolute atomic E-state index is 14.2. The minimum Gasteiger partial charge on any atom is -0.246 e. The molecule has 0 radical (unpaired) electrons. The van der Waals surface area contributed by atoms with Crippen LogP contribution in [0.1, 0.15) is 31.2 Å². The lowest BCUT2D eigenvalue weighted by molar-refractivity contribution is 0.0626. The maximum Gasteiger partial charge on any atom is 0.242 e. The molecule has 0 unspecified atom stereocenters. The largest absolute Gasteiger partial charge is 0.246 e. The fourth-order valence-corrected chi connectivity index (χ4v) is 3.83. The Kier molecular flexibility index (Phi) is 3.87. The molecule has 7 heteroatoms. The minimum atomic E-state index is -0.413. The molecular weight excluding hydrogens is 338 g/mol. The van der Waals surface area contributed by atoms with Gasteiger partial charge in [0, 0.05) is 23.4 Å². The van der Waals surface area contributed by atoms with Gasteiger partial charge in [-0.05, 0) is 25.0 Å². The molecule has 1 aliphatic carbocycles. The predicted molar refractivity (Wildman–Crippen MR) is 90.9 cm³/mol. The molecule has 120 valence electrons. The predicted octanol–water partition coefficient (Wildman–Crippen LogP) is 4.26. The number of halogens is 3. The third kappa shape index (κ3) is 2.57. The fourth-order valence-electron chi connectivity index (χ4n) is 3.35. The number of hydrogen-bond donors (Lipinski definition) is 0. The molecule has 1 aromatic carbocycles. The SMILES string of the molecule is Fc1cccc(Cl)c1C1=CN2C(=NCN2C2CCCC2)N=C1Cl. The molecule has 1 aromatic rings. The number of aliphatic imine (C=N–C) groups is 2. The van der Waals surface area contributed by atoms with E-state index in [-0.39, 0.29) is 10.7 Å². The highest BCUT2D eigenvalue weighted by atomic mass is 35.5. The lowest BCUT2D eigenvalue weighted by Gasteiger charge is -2.33. The molecule has 23 heavy (non-hydrogen) atoms. The van der Waals surface area contributed by atoms with Crippen LogP contribution in [-0.4, -0.2) is 33.9 Å². The number of hydrazine groups is 1. The molecule has 4 nitrogen and oxygen atoms in total. The van der Waals surface area contributed by atoms with Crippen molar-refractivity contribution < 1.29 is 4.39 Å². The summed E-state index contributed by atoms with van der Waals surface area (Å²) in [6.45, 7) is 0.558. The standard InChI is InChI=1S/C16H15Cl2FN4/c17-12-6-3-7-13(19)14(12)11-8-22-16(21-15(11)18)20-9-23(22)10-4-1-2-5-10/h3,6-8,10H,1-2,4-5,9H2. The molecule has 1 saturated carbocycles. The summed E-state index contributed by atoms with van der Waals surface area (Å²) < 4.78 is 14.2. The van der Waals surface area contributed by atoms with E-state index in [9.17, 15) is 4.39 Å². The van der Waals surface area contributed by atoms with Crippen LogP contribution in [0.4, 0.5) is 4.39 Å². The highest BCUT2D eigenvalue weighted by Crippen LogP contribution is 2.35. The van der Waals surface area contributed by atoms with Gasteiger partial charge in [0.05, 0.1) is 5.02 Å². The third-order valence-electron chi connectivity index (χ3n) is 4.49. The van der Waals surface area contributed by atoms with Gasteiger partial charge in [0.25, 0.3) is 0 Å². The Balaban J connectivity index is 1.74. The van der Waals surface area contributed by atoms with E-state index in [2.05, 4.69) is 15.0 Å². The van der Waals surface area contributed by atoms with E-state index in [0.29, 0.717) is 29.3 Å². The van der Waals surface area contributed by atoms with Crippen molar-refractivity contribution in [2.45, 2.75) is 31.7 Å². The Hall–Kier alpha value is -1.43. The van der Waals surface area contributed by atoms with Gasteiger partial charge in [-0.3, -0.25) is 0 Å². The smallest absolute Gasteiger partial charge is 0.242 e.